The molecule has 0 radical (unpaired) electrons. The fourth-order valence-corrected chi connectivity index (χ4v) is 1.28. The zero-order valence-electron chi connectivity index (χ0n) is 6.37. The van der Waals surface area contributed by atoms with E-state index >= 15 is 0 Å². The molecule has 0 aromatic carbocycles. The van der Waals surface area contributed by atoms with E-state index in [0.29, 0.717) is 11.0 Å². The van der Waals surface area contributed by atoms with E-state index in [0.717, 1.165) is 0 Å². The molecule has 0 saturated heterocycles. The van der Waals surface area contributed by atoms with Gasteiger partial charge >= 0.3 is 0 Å². The molecule has 0 aliphatic carbocycles. The highest BCUT2D eigenvalue weighted by Gasteiger charge is 2.00. The van der Waals surface area contributed by atoms with Gasteiger partial charge in [0.15, 0.2) is 5.16 Å². The highest BCUT2D eigenvalue weighted by molar-refractivity contribution is 7.98. The van der Waals surface area contributed by atoms with Crippen molar-refractivity contribution >= 4 is 17.6 Å². The SMILES string of the molecule is CSc1nc(=O)cc(N)n1C. The maximum atomic E-state index is 10.8. The van der Waals surface area contributed by atoms with Gasteiger partial charge < -0.3 is 10.3 Å². The summed E-state index contributed by atoms with van der Waals surface area (Å²) in [6.45, 7) is 0. The molecular weight excluding hydrogens is 162 g/mol. The van der Waals surface area contributed by atoms with Crippen LogP contribution in [-0.2, 0) is 7.05 Å². The molecule has 0 aliphatic rings. The molecule has 1 rings (SSSR count). The van der Waals surface area contributed by atoms with Crippen LogP contribution >= 0.6 is 11.8 Å². The number of anilines is 1. The summed E-state index contributed by atoms with van der Waals surface area (Å²) in [5.74, 6) is 0.439. The number of hydrogen-bond acceptors (Lipinski definition) is 4. The third-order valence-electron chi connectivity index (χ3n) is 1.33. The Labute approximate surface area is 68.4 Å². The van der Waals surface area contributed by atoms with Crippen molar-refractivity contribution in [2.75, 3.05) is 12.0 Å². The van der Waals surface area contributed by atoms with E-state index in [-0.39, 0.29) is 5.56 Å². The first-order valence-corrected chi connectivity index (χ1v) is 4.25. The Morgan fingerprint density at radius 1 is 1.73 bits per heavy atom. The number of nitrogens with zero attached hydrogens (tertiary/aromatic N) is 2. The molecule has 0 aliphatic heterocycles. The van der Waals surface area contributed by atoms with Gasteiger partial charge in [0.1, 0.15) is 5.82 Å². The highest BCUT2D eigenvalue weighted by Crippen LogP contribution is 2.10. The normalized spacial score (nSPS) is 10.0. The number of rotatable bonds is 1. The molecule has 0 amide bonds. The first-order valence-electron chi connectivity index (χ1n) is 3.02. The van der Waals surface area contributed by atoms with Crippen LogP contribution in [0.4, 0.5) is 5.82 Å². The van der Waals surface area contributed by atoms with Gasteiger partial charge in [0.2, 0.25) is 0 Å². The number of aromatic nitrogens is 2. The van der Waals surface area contributed by atoms with E-state index in [9.17, 15) is 4.79 Å². The average molecular weight is 171 g/mol. The van der Waals surface area contributed by atoms with Gasteiger partial charge in [-0.1, -0.05) is 11.8 Å². The lowest BCUT2D eigenvalue weighted by Gasteiger charge is -2.05. The summed E-state index contributed by atoms with van der Waals surface area (Å²) >= 11 is 1.40. The molecule has 0 atom stereocenters. The summed E-state index contributed by atoms with van der Waals surface area (Å²) in [6, 6.07) is 1.31. The summed E-state index contributed by atoms with van der Waals surface area (Å²) in [6.07, 6.45) is 1.85. The fourth-order valence-electron chi connectivity index (χ4n) is 0.718. The second kappa shape index (κ2) is 2.96. The van der Waals surface area contributed by atoms with Crippen molar-refractivity contribution < 1.29 is 0 Å². The Hall–Kier alpha value is -0.970. The minimum Gasteiger partial charge on any atom is -0.385 e. The maximum absolute atomic E-state index is 10.8. The average Bonchev–Trinajstić information content (AvgIpc) is 1.96. The lowest BCUT2D eigenvalue weighted by atomic mass is 10.6. The van der Waals surface area contributed by atoms with Gasteiger partial charge in [-0.3, -0.25) is 4.79 Å². The molecule has 0 fully saturated rings. The molecule has 4 nitrogen and oxygen atoms in total. The van der Waals surface area contributed by atoms with Crippen LogP contribution in [0.2, 0.25) is 0 Å². The molecule has 0 unspecified atom stereocenters. The van der Waals surface area contributed by atoms with Crippen molar-refractivity contribution in [3.8, 4) is 0 Å². The van der Waals surface area contributed by atoms with Crippen LogP contribution in [0.15, 0.2) is 16.0 Å². The molecule has 1 aromatic rings. The van der Waals surface area contributed by atoms with Crippen LogP contribution in [0.3, 0.4) is 0 Å². The summed E-state index contributed by atoms with van der Waals surface area (Å²) in [4.78, 5) is 14.5. The minimum absolute atomic E-state index is 0.287. The first-order chi connectivity index (χ1) is 5.15. The highest BCUT2D eigenvalue weighted by atomic mass is 32.2. The van der Waals surface area contributed by atoms with Gasteiger partial charge in [0.25, 0.3) is 5.56 Å². The quantitative estimate of drug-likeness (QED) is 0.480. The summed E-state index contributed by atoms with van der Waals surface area (Å²) in [5, 5.41) is 0.634. The molecular formula is C6H9N3OS. The van der Waals surface area contributed by atoms with Crippen LogP contribution in [0, 0.1) is 0 Å². The lowest BCUT2D eigenvalue weighted by molar-refractivity contribution is 0.741. The Morgan fingerprint density at radius 3 is 2.91 bits per heavy atom. The van der Waals surface area contributed by atoms with Crippen molar-refractivity contribution in [2.24, 2.45) is 7.05 Å². The van der Waals surface area contributed by atoms with Crippen molar-refractivity contribution in [1.82, 2.24) is 9.55 Å². The smallest absolute Gasteiger partial charge is 0.275 e. The van der Waals surface area contributed by atoms with Gasteiger partial charge in [-0.25, -0.2) is 0 Å². The molecule has 60 valence electrons. The Morgan fingerprint density at radius 2 is 2.36 bits per heavy atom. The third-order valence-corrected chi connectivity index (χ3v) is 2.06. The van der Waals surface area contributed by atoms with Gasteiger partial charge in [-0.2, -0.15) is 4.98 Å². The minimum atomic E-state index is -0.287. The fraction of sp³-hybridized carbons (Fsp3) is 0.333. The standard InChI is InChI=1S/C6H9N3OS/c1-9-4(7)3-5(10)8-6(9)11-2/h3H,7H2,1-2H3. The second-order valence-electron chi connectivity index (χ2n) is 2.06. The van der Waals surface area contributed by atoms with Crippen LogP contribution in [0.5, 0.6) is 0 Å². The zero-order valence-corrected chi connectivity index (χ0v) is 7.18. The zero-order chi connectivity index (χ0) is 8.43. The van der Waals surface area contributed by atoms with Crippen molar-refractivity contribution in [3.05, 3.63) is 16.4 Å². The second-order valence-corrected chi connectivity index (χ2v) is 2.84. The number of thioether (sulfide) groups is 1. The molecule has 0 bridgehead atoms. The van der Waals surface area contributed by atoms with E-state index in [4.69, 9.17) is 5.73 Å². The Kier molecular flexibility index (Phi) is 2.19. The number of nitrogens with two attached hydrogens (primary N) is 1. The molecule has 1 heterocycles. The van der Waals surface area contributed by atoms with Crippen molar-refractivity contribution in [1.29, 1.82) is 0 Å². The van der Waals surface area contributed by atoms with Crippen LogP contribution < -0.4 is 11.3 Å². The van der Waals surface area contributed by atoms with Gasteiger partial charge in [0.05, 0.1) is 0 Å². The van der Waals surface area contributed by atoms with Crippen LogP contribution in [0.1, 0.15) is 0 Å². The Balaban J connectivity index is 3.36. The van der Waals surface area contributed by atoms with Crippen LogP contribution in [-0.4, -0.2) is 15.8 Å². The molecule has 11 heavy (non-hydrogen) atoms. The van der Waals surface area contributed by atoms with E-state index in [1.807, 2.05) is 6.26 Å². The molecule has 0 spiro atoms. The largest absolute Gasteiger partial charge is 0.385 e. The van der Waals surface area contributed by atoms with E-state index in [2.05, 4.69) is 4.98 Å². The summed E-state index contributed by atoms with van der Waals surface area (Å²) < 4.78 is 1.67. The van der Waals surface area contributed by atoms with Gasteiger partial charge in [-0.05, 0) is 6.26 Å². The maximum Gasteiger partial charge on any atom is 0.275 e. The van der Waals surface area contributed by atoms with Gasteiger partial charge in [0, 0.05) is 13.1 Å². The predicted molar refractivity (Wildman–Crippen MR) is 45.7 cm³/mol. The first kappa shape index (κ1) is 8.13. The van der Waals surface area contributed by atoms with Crippen LogP contribution in [0.25, 0.3) is 0 Å². The number of nitrogen functional groups attached to an aromatic ring is 1. The van der Waals surface area contributed by atoms with E-state index in [1.165, 1.54) is 17.8 Å². The topological polar surface area (TPSA) is 60.9 Å². The monoisotopic (exact) mass is 171 g/mol. The van der Waals surface area contributed by atoms with E-state index < -0.39 is 0 Å². The van der Waals surface area contributed by atoms with Gasteiger partial charge in [-0.15, -0.1) is 0 Å². The summed E-state index contributed by atoms with van der Waals surface area (Å²) in [7, 11) is 1.77. The Bertz CT molecular complexity index is 320. The third kappa shape index (κ3) is 1.54. The predicted octanol–water partition coefficient (Wildman–Crippen LogP) is 0.0844. The van der Waals surface area contributed by atoms with Crippen molar-refractivity contribution in [2.45, 2.75) is 5.16 Å². The molecule has 5 heteroatoms. The summed E-state index contributed by atoms with van der Waals surface area (Å²) in [5.41, 5.74) is 5.22. The van der Waals surface area contributed by atoms with Crippen molar-refractivity contribution in [3.63, 3.8) is 0 Å². The van der Waals surface area contributed by atoms with E-state index in [1.54, 1.807) is 11.6 Å². The lowest BCUT2D eigenvalue weighted by Crippen LogP contribution is -2.14. The molecule has 1 aromatic heterocycles. The number of hydrogen-bond donors (Lipinski definition) is 1. The molecule has 2 N–H and O–H groups in total. The molecule has 0 saturated carbocycles.